The second-order valence-electron chi connectivity index (χ2n) is 17.0. The van der Waals surface area contributed by atoms with Gasteiger partial charge in [-0.15, -0.1) is 0 Å². The molecule has 12 N–H and O–H groups in total. The summed E-state index contributed by atoms with van der Waals surface area (Å²) in [6.45, 7) is 5.63. The molecular formula is C45H63N6O16P2+. The number of hydrogen-bond acceptors (Lipinski definition) is 12. The first-order chi connectivity index (χ1) is 32.5. The Kier molecular flexibility index (Phi) is 20.7. The lowest BCUT2D eigenvalue weighted by Gasteiger charge is -2.28. The molecule has 1 aliphatic rings. The summed E-state index contributed by atoms with van der Waals surface area (Å²) in [5.41, 5.74) is 1.00. The van der Waals surface area contributed by atoms with E-state index in [1.807, 2.05) is 13.8 Å². The van der Waals surface area contributed by atoms with Crippen molar-refractivity contribution in [2.45, 2.75) is 115 Å². The van der Waals surface area contributed by atoms with E-state index in [9.17, 15) is 72.8 Å². The normalized spacial score (nSPS) is 16.9. The molecule has 4 atom stereocenters. The molecule has 0 saturated heterocycles. The Morgan fingerprint density at radius 1 is 0.913 bits per heavy atom. The maximum Gasteiger partial charge on any atom is 0.369 e. The molecule has 2 unspecified atom stereocenters. The second-order valence-corrected chi connectivity index (χ2v) is 21.0. The van der Waals surface area contributed by atoms with E-state index in [0.717, 1.165) is 12.8 Å². The summed E-state index contributed by atoms with van der Waals surface area (Å²) in [6.07, 6.45) is 3.65. The predicted molar refractivity (Wildman–Crippen MR) is 250 cm³/mol. The lowest BCUT2D eigenvalue weighted by molar-refractivity contribution is -0.704. The molecule has 69 heavy (non-hydrogen) atoms. The Morgan fingerprint density at radius 2 is 1.62 bits per heavy atom. The van der Waals surface area contributed by atoms with Crippen LogP contribution in [0.1, 0.15) is 114 Å². The third-order valence-electron chi connectivity index (χ3n) is 11.7. The molecule has 24 heteroatoms. The Bertz CT molecular complexity index is 2400. The smallest absolute Gasteiger partial charge is 0.369 e. The number of aromatic nitrogens is 1. The number of fused-ring (bicyclic) bond motifs is 2. The SMILES string of the molecule is CCCCC[C@@H]1NC(=O)[C@H](C(C)CC)NC(=O)c2cc(C(=O)NCCOCCC(=O)CCC(O)C[n+]3cccc(CC(O)(P(=O)(O)O)P(=O)(O)O)c3)ccc2NCc2ccc(C(=O)O)cc2NC1=O. The van der Waals surface area contributed by atoms with Crippen LogP contribution in [0.25, 0.3) is 0 Å². The van der Waals surface area contributed by atoms with Crippen LogP contribution < -0.4 is 31.2 Å². The molecule has 2 aromatic carbocycles. The minimum absolute atomic E-state index is 0.00315. The van der Waals surface area contributed by atoms with Gasteiger partial charge in [0.2, 0.25) is 11.8 Å². The van der Waals surface area contributed by atoms with E-state index in [-0.39, 0.29) is 97.4 Å². The number of unbranched alkanes of at least 4 members (excludes halogenated alkanes) is 2. The molecule has 0 spiro atoms. The molecule has 4 rings (SSSR count). The maximum atomic E-state index is 14.1. The molecule has 2 heterocycles. The van der Waals surface area contributed by atoms with Crippen LogP contribution in [0, 0.1) is 5.92 Å². The third kappa shape index (κ3) is 16.1. The molecule has 0 aliphatic carbocycles. The summed E-state index contributed by atoms with van der Waals surface area (Å²) in [7, 11) is -11.4. The summed E-state index contributed by atoms with van der Waals surface area (Å²) in [6, 6.07) is 9.23. The Labute approximate surface area is 399 Å². The molecule has 0 saturated carbocycles. The number of ether oxygens (including phenoxy) is 1. The number of amides is 4. The van der Waals surface area contributed by atoms with E-state index in [0.29, 0.717) is 24.8 Å². The first-order valence-corrected chi connectivity index (χ1v) is 25.7. The van der Waals surface area contributed by atoms with Crippen LogP contribution in [0.5, 0.6) is 0 Å². The van der Waals surface area contributed by atoms with Gasteiger partial charge in [-0.1, -0.05) is 52.5 Å². The molecule has 378 valence electrons. The summed E-state index contributed by atoms with van der Waals surface area (Å²) < 4.78 is 30.4. The van der Waals surface area contributed by atoms with Gasteiger partial charge < -0.3 is 66.2 Å². The highest BCUT2D eigenvalue weighted by Gasteiger charge is 2.59. The van der Waals surface area contributed by atoms with E-state index in [1.165, 1.54) is 65.5 Å². The summed E-state index contributed by atoms with van der Waals surface area (Å²) in [4.78, 5) is 117. The zero-order valence-corrected chi connectivity index (χ0v) is 40.4. The number of carbonyl (C=O) groups is 6. The van der Waals surface area contributed by atoms with Crippen LogP contribution >= 0.6 is 15.2 Å². The Hall–Kier alpha value is -5.41. The monoisotopic (exact) mass is 1010 g/mol. The minimum Gasteiger partial charge on any atom is -0.478 e. The van der Waals surface area contributed by atoms with Crippen molar-refractivity contribution in [2.24, 2.45) is 5.92 Å². The highest BCUT2D eigenvalue weighted by atomic mass is 31.2. The van der Waals surface area contributed by atoms with Crippen molar-refractivity contribution in [3.05, 3.63) is 88.7 Å². The van der Waals surface area contributed by atoms with Crippen molar-refractivity contribution < 1.29 is 82.1 Å². The Balaban J connectivity index is 1.36. The van der Waals surface area contributed by atoms with Crippen molar-refractivity contribution in [1.82, 2.24) is 16.0 Å². The number of hydrogen-bond donors (Lipinski definition) is 12. The van der Waals surface area contributed by atoms with Gasteiger partial charge in [-0.2, -0.15) is 0 Å². The van der Waals surface area contributed by atoms with Gasteiger partial charge in [0, 0.05) is 60.9 Å². The second kappa shape index (κ2) is 25.4. The zero-order chi connectivity index (χ0) is 51.1. The van der Waals surface area contributed by atoms with Gasteiger partial charge in [-0.25, -0.2) is 9.36 Å². The van der Waals surface area contributed by atoms with E-state index < -0.39 is 74.5 Å². The maximum absolute atomic E-state index is 14.1. The first-order valence-electron chi connectivity index (χ1n) is 22.5. The highest BCUT2D eigenvalue weighted by molar-refractivity contribution is 7.72. The molecule has 4 amide bonds. The lowest BCUT2D eigenvalue weighted by Crippen LogP contribution is -2.55. The number of rotatable bonds is 23. The van der Waals surface area contributed by atoms with Crippen LogP contribution in [0.4, 0.5) is 11.4 Å². The number of carbonyl (C=O) groups excluding carboxylic acids is 5. The number of aliphatic hydroxyl groups is 2. The van der Waals surface area contributed by atoms with Gasteiger partial charge in [0.05, 0.1) is 24.3 Å². The number of aromatic carboxylic acids is 1. The standard InChI is InChI=1S/C45H62N6O16P2/c1-4-6-7-10-37-42(56)49-38-23-31(44(58)59)11-12-32(38)25-47-36-16-13-30(22-35(36)41(55)50-39(28(3)5-2)43(57)48-37)40(54)46-18-21-67-20-17-33(52)14-15-34(53)27-51-19-8-9-29(26-51)24-45(60,68(61,62)63)69(64,65)66/h8-9,11-13,16,19,22-23,26,28,34,37,39,53,60H,4-7,10,14-15,17-18,20-21,24-25,27H2,1-3H3,(H9-,46,47,48,49,50,54,55,56,57,58,59,61,62,63,64,65,66)/p+1/t28?,34?,37-,39-/m0/s1. The lowest BCUT2D eigenvalue weighted by atomic mass is 9.96. The van der Waals surface area contributed by atoms with Gasteiger partial charge in [0.1, 0.15) is 24.0 Å². The van der Waals surface area contributed by atoms with E-state index in [2.05, 4.69) is 26.6 Å². The quantitative estimate of drug-likeness (QED) is 0.0369. The number of nitrogens with one attached hydrogen (secondary N) is 5. The van der Waals surface area contributed by atoms with Crippen molar-refractivity contribution in [3.63, 3.8) is 0 Å². The Morgan fingerprint density at radius 3 is 2.29 bits per heavy atom. The predicted octanol–water partition coefficient (Wildman–Crippen LogP) is 2.54. The average molecular weight is 1010 g/mol. The summed E-state index contributed by atoms with van der Waals surface area (Å²) in [5, 5.41) is 41.2. The molecule has 1 aliphatic heterocycles. The van der Waals surface area contributed by atoms with Crippen LogP contribution in [-0.2, 0) is 47.8 Å². The number of anilines is 2. The number of nitrogens with zero attached hydrogens (tertiary/aromatic N) is 1. The number of benzene rings is 2. The van der Waals surface area contributed by atoms with Crippen molar-refractivity contribution >= 4 is 61.9 Å². The molecule has 0 bridgehead atoms. The zero-order valence-electron chi connectivity index (χ0n) is 38.6. The van der Waals surface area contributed by atoms with Crippen LogP contribution in [-0.4, -0.2) is 113 Å². The topological polar surface area (TPSA) is 351 Å². The van der Waals surface area contributed by atoms with Crippen LogP contribution in [0.2, 0.25) is 0 Å². The molecule has 0 fully saturated rings. The highest BCUT2D eigenvalue weighted by Crippen LogP contribution is 2.68. The fraction of sp³-hybridized carbons (Fsp3) is 0.489. The fourth-order valence-electron chi connectivity index (χ4n) is 7.33. The third-order valence-corrected chi connectivity index (χ3v) is 15.4. The van der Waals surface area contributed by atoms with Crippen LogP contribution in [0.15, 0.2) is 60.9 Å². The fourth-order valence-corrected chi connectivity index (χ4v) is 9.46. The van der Waals surface area contributed by atoms with Crippen molar-refractivity contribution in [2.75, 3.05) is 30.4 Å². The van der Waals surface area contributed by atoms with Gasteiger partial charge in [0.25, 0.3) is 16.9 Å². The largest absolute Gasteiger partial charge is 0.478 e. The van der Waals surface area contributed by atoms with E-state index >= 15 is 0 Å². The van der Waals surface area contributed by atoms with Crippen molar-refractivity contribution in [1.29, 1.82) is 0 Å². The molecular weight excluding hydrogens is 942 g/mol. The molecule has 22 nitrogen and oxygen atoms in total. The van der Waals surface area contributed by atoms with Crippen molar-refractivity contribution in [3.8, 4) is 0 Å². The van der Waals surface area contributed by atoms with Crippen LogP contribution in [0.3, 0.4) is 0 Å². The number of ketones is 1. The van der Waals surface area contributed by atoms with E-state index in [4.69, 9.17) is 4.74 Å². The molecule has 3 aromatic rings. The van der Waals surface area contributed by atoms with Gasteiger partial charge in [-0.3, -0.25) is 33.1 Å². The number of carboxylic acid groups (broad SMARTS) is 1. The molecule has 0 radical (unpaired) electrons. The van der Waals surface area contributed by atoms with Gasteiger partial charge >= 0.3 is 21.2 Å². The number of Topliss-reactive ketones (excluding diaryl/α,β-unsaturated/α-hetero) is 1. The number of pyridine rings is 1. The average Bonchev–Trinajstić information content (AvgIpc) is 3.28. The first kappa shape index (κ1) is 56.2. The summed E-state index contributed by atoms with van der Waals surface area (Å²) in [5.74, 6) is -4.15. The van der Waals surface area contributed by atoms with E-state index in [1.54, 1.807) is 6.92 Å². The molecule has 1 aromatic heterocycles. The number of carboxylic acids is 1. The summed E-state index contributed by atoms with van der Waals surface area (Å²) >= 11 is 0. The van der Waals surface area contributed by atoms with Gasteiger partial charge in [0.15, 0.2) is 18.9 Å². The number of aliphatic hydroxyl groups excluding tert-OH is 1. The minimum atomic E-state index is -5.68. The van der Waals surface area contributed by atoms with Gasteiger partial charge in [-0.05, 0) is 60.7 Å².